The van der Waals surface area contributed by atoms with Crippen LogP contribution in [0.2, 0.25) is 0 Å². The number of hydrogen-bond donors (Lipinski definition) is 1. The highest BCUT2D eigenvalue weighted by Crippen LogP contribution is 2.18. The maximum absolute atomic E-state index is 5.50. The van der Waals surface area contributed by atoms with Crippen LogP contribution in [0.5, 0.6) is 0 Å². The van der Waals surface area contributed by atoms with Crippen molar-refractivity contribution in [3.63, 3.8) is 0 Å². The number of nitrogens with zero attached hydrogens (tertiary/aromatic N) is 1. The summed E-state index contributed by atoms with van der Waals surface area (Å²) in [6.07, 6.45) is 4.03. The summed E-state index contributed by atoms with van der Waals surface area (Å²) >= 11 is 0. The predicted molar refractivity (Wildman–Crippen MR) is 68.3 cm³/mol. The molecule has 100 valence electrons. The van der Waals surface area contributed by atoms with Gasteiger partial charge in [-0.05, 0) is 26.2 Å². The van der Waals surface area contributed by atoms with Crippen molar-refractivity contribution in [2.45, 2.75) is 44.4 Å². The third kappa shape index (κ3) is 3.91. The second-order valence-corrected chi connectivity index (χ2v) is 5.28. The molecule has 2 saturated heterocycles. The molecule has 0 bridgehead atoms. The zero-order valence-electron chi connectivity index (χ0n) is 11.2. The van der Waals surface area contributed by atoms with Gasteiger partial charge in [0.1, 0.15) is 0 Å². The van der Waals surface area contributed by atoms with Crippen LogP contribution in [0, 0.1) is 0 Å². The first-order chi connectivity index (χ1) is 8.29. The van der Waals surface area contributed by atoms with Gasteiger partial charge < -0.3 is 19.7 Å². The van der Waals surface area contributed by atoms with E-state index >= 15 is 0 Å². The summed E-state index contributed by atoms with van der Waals surface area (Å²) in [5.41, 5.74) is 0. The van der Waals surface area contributed by atoms with Crippen molar-refractivity contribution in [3.05, 3.63) is 0 Å². The highest BCUT2D eigenvalue weighted by atomic mass is 16.5. The van der Waals surface area contributed by atoms with Crippen LogP contribution >= 0.6 is 0 Å². The Balaban J connectivity index is 1.70. The standard InChI is InChI=1S/C13H26N2O2/c1-11(9-12-10-17-8-5-14-12)15-6-3-13(16-2)4-7-15/h11-14H,3-10H2,1-2H3. The molecule has 0 amide bonds. The molecule has 0 saturated carbocycles. The largest absolute Gasteiger partial charge is 0.381 e. The van der Waals surface area contributed by atoms with Crippen LogP contribution < -0.4 is 5.32 Å². The lowest BCUT2D eigenvalue weighted by atomic mass is 10.0. The van der Waals surface area contributed by atoms with E-state index in [1.807, 2.05) is 7.11 Å². The summed E-state index contributed by atoms with van der Waals surface area (Å²) in [5.74, 6) is 0. The fraction of sp³-hybridized carbons (Fsp3) is 1.00. The number of ether oxygens (including phenoxy) is 2. The lowest BCUT2D eigenvalue weighted by Crippen LogP contribution is -2.48. The second-order valence-electron chi connectivity index (χ2n) is 5.28. The zero-order valence-corrected chi connectivity index (χ0v) is 11.2. The third-order valence-corrected chi connectivity index (χ3v) is 4.06. The molecule has 0 aromatic heterocycles. The Kier molecular flexibility index (Phi) is 5.22. The smallest absolute Gasteiger partial charge is 0.0620 e. The molecule has 4 nitrogen and oxygen atoms in total. The van der Waals surface area contributed by atoms with Crippen molar-refractivity contribution in [1.82, 2.24) is 10.2 Å². The van der Waals surface area contributed by atoms with E-state index in [1.54, 1.807) is 0 Å². The molecule has 0 spiro atoms. The van der Waals surface area contributed by atoms with Crippen LogP contribution in [0.3, 0.4) is 0 Å². The Morgan fingerprint density at radius 2 is 2.18 bits per heavy atom. The van der Waals surface area contributed by atoms with Gasteiger partial charge in [0.25, 0.3) is 0 Å². The fourth-order valence-corrected chi connectivity index (χ4v) is 2.88. The van der Waals surface area contributed by atoms with Gasteiger partial charge in [-0.2, -0.15) is 0 Å². The molecular weight excluding hydrogens is 216 g/mol. The van der Waals surface area contributed by atoms with E-state index in [0.717, 1.165) is 19.8 Å². The first-order valence-electron chi connectivity index (χ1n) is 6.87. The molecule has 2 aliphatic rings. The molecule has 2 unspecified atom stereocenters. The van der Waals surface area contributed by atoms with E-state index in [9.17, 15) is 0 Å². The highest BCUT2D eigenvalue weighted by Gasteiger charge is 2.25. The minimum atomic E-state index is 0.481. The topological polar surface area (TPSA) is 33.7 Å². The van der Waals surface area contributed by atoms with Crippen molar-refractivity contribution in [3.8, 4) is 0 Å². The lowest BCUT2D eigenvalue weighted by molar-refractivity contribution is 0.0197. The van der Waals surface area contributed by atoms with Gasteiger partial charge in [0.2, 0.25) is 0 Å². The van der Waals surface area contributed by atoms with E-state index in [-0.39, 0.29) is 0 Å². The lowest BCUT2D eigenvalue weighted by Gasteiger charge is -2.37. The number of hydrogen-bond acceptors (Lipinski definition) is 4. The molecule has 1 N–H and O–H groups in total. The monoisotopic (exact) mass is 242 g/mol. The number of methoxy groups -OCH3 is 1. The molecule has 2 heterocycles. The van der Waals surface area contributed by atoms with Gasteiger partial charge in [-0.3, -0.25) is 0 Å². The Morgan fingerprint density at radius 3 is 2.76 bits per heavy atom. The van der Waals surface area contributed by atoms with E-state index < -0.39 is 0 Å². The van der Waals surface area contributed by atoms with Crippen LogP contribution in [-0.4, -0.2) is 63.0 Å². The Bertz CT molecular complexity index is 211. The summed E-state index contributed by atoms with van der Waals surface area (Å²) in [7, 11) is 1.83. The maximum Gasteiger partial charge on any atom is 0.0620 e. The van der Waals surface area contributed by atoms with Crippen molar-refractivity contribution in [1.29, 1.82) is 0 Å². The number of morpholine rings is 1. The number of rotatable bonds is 4. The van der Waals surface area contributed by atoms with Crippen LogP contribution in [0.15, 0.2) is 0 Å². The number of piperidine rings is 1. The van der Waals surface area contributed by atoms with Gasteiger partial charge in [0.15, 0.2) is 0 Å². The molecular formula is C13H26N2O2. The molecule has 4 heteroatoms. The first-order valence-corrected chi connectivity index (χ1v) is 6.87. The molecule has 0 aromatic carbocycles. The summed E-state index contributed by atoms with van der Waals surface area (Å²) in [4.78, 5) is 2.59. The van der Waals surface area contributed by atoms with Crippen molar-refractivity contribution >= 4 is 0 Å². The highest BCUT2D eigenvalue weighted by molar-refractivity contribution is 4.81. The molecule has 2 fully saturated rings. The van der Waals surface area contributed by atoms with Gasteiger partial charge in [-0.1, -0.05) is 0 Å². The van der Waals surface area contributed by atoms with Crippen LogP contribution in [-0.2, 0) is 9.47 Å². The quantitative estimate of drug-likeness (QED) is 0.793. The SMILES string of the molecule is COC1CCN(C(C)CC2COCCN2)CC1. The predicted octanol–water partition coefficient (Wildman–Crippen LogP) is 0.864. The molecule has 0 aliphatic carbocycles. The van der Waals surface area contributed by atoms with E-state index in [4.69, 9.17) is 9.47 Å². The summed E-state index contributed by atoms with van der Waals surface area (Å²) < 4.78 is 10.9. The van der Waals surface area contributed by atoms with Gasteiger partial charge in [0, 0.05) is 38.8 Å². The average molecular weight is 242 g/mol. The van der Waals surface area contributed by atoms with Crippen LogP contribution in [0.25, 0.3) is 0 Å². The van der Waals surface area contributed by atoms with Gasteiger partial charge >= 0.3 is 0 Å². The van der Waals surface area contributed by atoms with Crippen LogP contribution in [0.4, 0.5) is 0 Å². The van der Waals surface area contributed by atoms with Gasteiger partial charge in [-0.15, -0.1) is 0 Å². The van der Waals surface area contributed by atoms with Gasteiger partial charge in [0.05, 0.1) is 19.3 Å². The van der Waals surface area contributed by atoms with Gasteiger partial charge in [-0.25, -0.2) is 0 Å². The van der Waals surface area contributed by atoms with Crippen LogP contribution in [0.1, 0.15) is 26.2 Å². The van der Waals surface area contributed by atoms with E-state index in [1.165, 1.54) is 32.4 Å². The molecule has 2 aliphatic heterocycles. The van der Waals surface area contributed by atoms with Crippen molar-refractivity contribution in [2.24, 2.45) is 0 Å². The minimum Gasteiger partial charge on any atom is -0.381 e. The van der Waals surface area contributed by atoms with Crippen molar-refractivity contribution in [2.75, 3.05) is 40.0 Å². The second kappa shape index (κ2) is 6.69. The number of likely N-dealkylation sites (tertiary alicyclic amines) is 1. The van der Waals surface area contributed by atoms with E-state index in [0.29, 0.717) is 18.2 Å². The number of nitrogens with one attached hydrogen (secondary N) is 1. The third-order valence-electron chi connectivity index (χ3n) is 4.06. The maximum atomic E-state index is 5.50. The summed E-state index contributed by atoms with van der Waals surface area (Å²) in [5, 5.41) is 3.53. The summed E-state index contributed by atoms with van der Waals surface area (Å²) in [6.45, 7) is 7.43. The molecule has 0 aromatic rings. The fourth-order valence-electron chi connectivity index (χ4n) is 2.88. The Hall–Kier alpha value is -0.160. The Labute approximate surface area is 105 Å². The molecule has 0 radical (unpaired) electrons. The summed E-state index contributed by atoms with van der Waals surface area (Å²) in [6, 6.07) is 1.19. The minimum absolute atomic E-state index is 0.481. The van der Waals surface area contributed by atoms with E-state index in [2.05, 4.69) is 17.1 Å². The molecule has 2 atom stereocenters. The van der Waals surface area contributed by atoms with Crippen molar-refractivity contribution < 1.29 is 9.47 Å². The first kappa shape index (κ1) is 13.3. The Morgan fingerprint density at radius 1 is 1.41 bits per heavy atom. The molecule has 2 rings (SSSR count). The average Bonchev–Trinajstić information content (AvgIpc) is 2.40. The normalized spacial score (nSPS) is 30.4. The molecule has 17 heavy (non-hydrogen) atoms. The zero-order chi connectivity index (χ0) is 12.1.